The third-order valence-corrected chi connectivity index (χ3v) is 4.26. The summed E-state index contributed by atoms with van der Waals surface area (Å²) in [5, 5.41) is 0. The predicted molar refractivity (Wildman–Crippen MR) is 88.9 cm³/mol. The van der Waals surface area contributed by atoms with E-state index in [1.165, 1.54) is 11.1 Å². The zero-order chi connectivity index (χ0) is 13.8. The molecule has 1 aromatic rings. The third-order valence-electron chi connectivity index (χ3n) is 2.23. The topological polar surface area (TPSA) is 0 Å². The number of allylic oxidation sites excluding steroid dienone is 1. The summed E-state index contributed by atoms with van der Waals surface area (Å²) >= 11 is 0. The Hall–Kier alpha value is -1.05. The second kappa shape index (κ2) is 5.73. The number of rotatable bonds is 2. The van der Waals surface area contributed by atoms with E-state index in [-0.39, 0.29) is 0 Å². The smallest absolute Gasteiger partial charge is 0.127 e. The molecule has 0 aliphatic carbocycles. The molecule has 1 rings (SSSR count). The molecule has 0 spiro atoms. The first-order valence-electron chi connectivity index (χ1n) is 6.49. The Kier molecular flexibility index (Phi) is 4.78. The fraction of sp³-hybridized carbons (Fsp3) is 0.375. The maximum atomic E-state index is 3.49. The first-order chi connectivity index (χ1) is 8.17. The Morgan fingerprint density at radius 3 is 1.94 bits per heavy atom. The van der Waals surface area contributed by atoms with E-state index < -0.39 is 16.1 Å². The largest absolute Gasteiger partial charge is 0.129 e. The molecule has 0 saturated heterocycles. The average Bonchev–Trinajstić information content (AvgIpc) is 2.23. The van der Waals surface area contributed by atoms with Crippen LogP contribution in [0.1, 0.15) is 5.56 Å². The highest BCUT2D eigenvalue weighted by molar-refractivity contribution is 6.84. The van der Waals surface area contributed by atoms with Gasteiger partial charge in [-0.3, -0.25) is 0 Å². The second-order valence-electron chi connectivity index (χ2n) is 6.79. The van der Waals surface area contributed by atoms with Gasteiger partial charge in [0.1, 0.15) is 8.07 Å². The minimum absolute atomic E-state index is 1.22. The predicted octanol–water partition coefficient (Wildman–Crippen LogP) is 4.83. The van der Waals surface area contributed by atoms with Gasteiger partial charge in [-0.2, -0.15) is 0 Å². The summed E-state index contributed by atoms with van der Waals surface area (Å²) < 4.78 is 0. The van der Waals surface area contributed by atoms with Crippen molar-refractivity contribution in [1.82, 2.24) is 0 Å². The van der Waals surface area contributed by atoms with Crippen LogP contribution < -0.4 is 0 Å². The lowest BCUT2D eigenvalue weighted by Crippen LogP contribution is -2.18. The zero-order valence-electron chi connectivity index (χ0n) is 12.5. The van der Waals surface area contributed by atoms with Crippen molar-refractivity contribution in [2.24, 2.45) is 0 Å². The van der Waals surface area contributed by atoms with E-state index in [0.29, 0.717) is 0 Å². The molecule has 18 heavy (non-hydrogen) atoms. The van der Waals surface area contributed by atoms with E-state index in [0.717, 1.165) is 0 Å². The molecule has 0 unspecified atom stereocenters. The molecule has 1 aromatic carbocycles. The summed E-state index contributed by atoms with van der Waals surface area (Å²) in [4.78, 5) is 0. The molecule has 0 aromatic heterocycles. The van der Waals surface area contributed by atoms with E-state index in [1.54, 1.807) is 0 Å². The molecule has 0 bridgehead atoms. The van der Waals surface area contributed by atoms with Gasteiger partial charge in [0.05, 0.1) is 8.07 Å². The van der Waals surface area contributed by atoms with Gasteiger partial charge in [-0.25, -0.2) is 0 Å². The van der Waals surface area contributed by atoms with Crippen molar-refractivity contribution >= 4 is 21.7 Å². The van der Waals surface area contributed by atoms with Crippen molar-refractivity contribution in [2.45, 2.75) is 39.3 Å². The highest BCUT2D eigenvalue weighted by Crippen LogP contribution is 2.17. The van der Waals surface area contributed by atoms with E-state index in [1.807, 2.05) is 0 Å². The molecule has 96 valence electrons. The third kappa shape index (κ3) is 6.04. The molecule has 2 heteroatoms. The van der Waals surface area contributed by atoms with Crippen molar-refractivity contribution in [2.75, 3.05) is 0 Å². The Balaban J connectivity index is 3.20. The van der Waals surface area contributed by atoms with Crippen LogP contribution in [-0.4, -0.2) is 16.1 Å². The van der Waals surface area contributed by atoms with Crippen molar-refractivity contribution in [1.29, 1.82) is 0 Å². The standard InChI is InChI=1S/C16H24Si2/c1-17(2,3)13-12-16(14-18(4,5)6)15-10-8-7-9-11-15/h7-11,14H,1-6H3/b16-14-. The van der Waals surface area contributed by atoms with Gasteiger partial charge in [-0.15, -0.1) is 5.54 Å². The normalized spacial score (nSPS) is 12.9. The summed E-state index contributed by atoms with van der Waals surface area (Å²) in [6.45, 7) is 13.9. The lowest BCUT2D eigenvalue weighted by atomic mass is 10.1. The van der Waals surface area contributed by atoms with Crippen LogP contribution in [0.2, 0.25) is 39.3 Å². The first-order valence-corrected chi connectivity index (χ1v) is 13.6. The Morgan fingerprint density at radius 1 is 0.944 bits per heavy atom. The van der Waals surface area contributed by atoms with Crippen LogP contribution in [0.15, 0.2) is 36.0 Å². The lowest BCUT2D eigenvalue weighted by molar-refractivity contribution is 1.63. The SMILES string of the molecule is C[Si](C)(C)C#C/C(=C/[Si](C)(C)C)c1ccccc1. The summed E-state index contributed by atoms with van der Waals surface area (Å²) in [5.74, 6) is 3.44. The summed E-state index contributed by atoms with van der Waals surface area (Å²) in [7, 11) is -2.56. The van der Waals surface area contributed by atoms with Gasteiger partial charge in [0.25, 0.3) is 0 Å². The van der Waals surface area contributed by atoms with E-state index in [4.69, 9.17) is 0 Å². The maximum Gasteiger partial charge on any atom is 0.129 e. The number of hydrogen-bond acceptors (Lipinski definition) is 0. The van der Waals surface area contributed by atoms with Crippen LogP contribution >= 0.6 is 0 Å². The van der Waals surface area contributed by atoms with Crippen LogP contribution in [0, 0.1) is 11.5 Å². The Bertz CT molecular complexity index is 474. The van der Waals surface area contributed by atoms with Gasteiger partial charge in [-0.05, 0) is 5.56 Å². The van der Waals surface area contributed by atoms with Crippen molar-refractivity contribution in [3.05, 3.63) is 41.6 Å². The van der Waals surface area contributed by atoms with Gasteiger partial charge in [0.15, 0.2) is 0 Å². The molecular weight excluding hydrogens is 248 g/mol. The van der Waals surface area contributed by atoms with E-state index in [9.17, 15) is 0 Å². The molecule has 0 nitrogen and oxygen atoms in total. The van der Waals surface area contributed by atoms with Crippen molar-refractivity contribution < 1.29 is 0 Å². The first kappa shape index (κ1) is 15.0. The molecule has 0 saturated carbocycles. The molecule has 0 N–H and O–H groups in total. The highest BCUT2D eigenvalue weighted by atomic mass is 28.3. The molecule has 0 radical (unpaired) electrons. The molecule has 0 atom stereocenters. The van der Waals surface area contributed by atoms with Crippen molar-refractivity contribution in [3.8, 4) is 11.5 Å². The summed E-state index contributed by atoms with van der Waals surface area (Å²) in [6.07, 6.45) is 0. The van der Waals surface area contributed by atoms with Gasteiger partial charge < -0.3 is 0 Å². The highest BCUT2D eigenvalue weighted by Gasteiger charge is 2.12. The maximum absolute atomic E-state index is 3.49. The van der Waals surface area contributed by atoms with Crippen LogP contribution in [0.5, 0.6) is 0 Å². The van der Waals surface area contributed by atoms with Gasteiger partial charge in [0.2, 0.25) is 0 Å². The Labute approximate surface area is 114 Å². The fourth-order valence-corrected chi connectivity index (χ4v) is 3.11. The Morgan fingerprint density at radius 2 is 1.50 bits per heavy atom. The van der Waals surface area contributed by atoms with Crippen LogP contribution in [0.25, 0.3) is 5.57 Å². The quantitative estimate of drug-likeness (QED) is 0.534. The molecule has 0 aliphatic heterocycles. The van der Waals surface area contributed by atoms with Crippen molar-refractivity contribution in [3.63, 3.8) is 0 Å². The molecular formula is C16H24Si2. The number of benzene rings is 1. The van der Waals surface area contributed by atoms with Crippen LogP contribution in [0.3, 0.4) is 0 Å². The molecule has 0 heterocycles. The minimum Gasteiger partial charge on any atom is -0.127 e. The summed E-state index contributed by atoms with van der Waals surface area (Å²) in [5.41, 5.74) is 8.37. The van der Waals surface area contributed by atoms with Crippen LogP contribution in [-0.2, 0) is 0 Å². The van der Waals surface area contributed by atoms with Gasteiger partial charge in [0, 0.05) is 5.57 Å². The second-order valence-corrected chi connectivity index (χ2v) is 16.6. The van der Waals surface area contributed by atoms with E-state index >= 15 is 0 Å². The fourth-order valence-electron chi connectivity index (χ4n) is 1.50. The zero-order valence-corrected chi connectivity index (χ0v) is 14.5. The van der Waals surface area contributed by atoms with E-state index in [2.05, 4.69) is 86.8 Å². The minimum atomic E-state index is -1.31. The molecule has 0 fully saturated rings. The van der Waals surface area contributed by atoms with Gasteiger partial charge in [-0.1, -0.05) is 81.2 Å². The monoisotopic (exact) mass is 272 g/mol. The lowest BCUT2D eigenvalue weighted by Gasteiger charge is -2.12. The van der Waals surface area contributed by atoms with Gasteiger partial charge >= 0.3 is 0 Å². The molecule has 0 aliphatic rings. The van der Waals surface area contributed by atoms with Crippen LogP contribution in [0.4, 0.5) is 0 Å². The molecule has 0 amide bonds. The average molecular weight is 273 g/mol. The summed E-state index contributed by atoms with van der Waals surface area (Å²) in [6, 6.07) is 10.5. The number of hydrogen-bond donors (Lipinski definition) is 0.